The van der Waals surface area contributed by atoms with Crippen molar-refractivity contribution in [3.05, 3.63) is 47.3 Å². The molecule has 0 aliphatic carbocycles. The van der Waals surface area contributed by atoms with Crippen molar-refractivity contribution in [1.82, 2.24) is 19.3 Å². The van der Waals surface area contributed by atoms with Crippen LogP contribution in [0, 0.1) is 18.6 Å². The third-order valence-corrected chi connectivity index (χ3v) is 8.17. The Balaban J connectivity index is 1.68. The minimum Gasteiger partial charge on any atom is -0.351 e. The molecular weight excluding hydrogens is 484 g/mol. The smallest absolute Gasteiger partial charge is 0.223 e. The maximum Gasteiger partial charge on any atom is 0.223 e. The second-order valence-electron chi connectivity index (χ2n) is 9.57. The number of pyridine rings is 1. The molecule has 1 saturated heterocycles. The molecule has 36 heavy (non-hydrogen) atoms. The van der Waals surface area contributed by atoms with Crippen LogP contribution in [0.5, 0.6) is 0 Å². The van der Waals surface area contributed by atoms with Gasteiger partial charge in [-0.25, -0.2) is 31.5 Å². The summed E-state index contributed by atoms with van der Waals surface area (Å²) in [5, 5.41) is 3.87. The van der Waals surface area contributed by atoms with Crippen LogP contribution in [0.15, 0.2) is 24.4 Å². The molecule has 194 valence electrons. The van der Waals surface area contributed by atoms with E-state index in [0.29, 0.717) is 36.9 Å². The summed E-state index contributed by atoms with van der Waals surface area (Å²) in [6.07, 6.45) is 6.32. The summed E-state index contributed by atoms with van der Waals surface area (Å²) in [5.41, 5.74) is 2.40. The molecule has 0 radical (unpaired) electrons. The highest BCUT2D eigenvalue weighted by Gasteiger charge is 2.26. The number of fused-ring (bicyclic) bond motifs is 1. The first-order valence-electron chi connectivity index (χ1n) is 12.5. The van der Waals surface area contributed by atoms with E-state index in [1.165, 1.54) is 16.6 Å². The lowest BCUT2D eigenvalue weighted by molar-refractivity contribution is 0.331. The van der Waals surface area contributed by atoms with Crippen LogP contribution in [0.4, 0.5) is 14.7 Å². The first kappa shape index (κ1) is 26.3. The number of rotatable bonds is 8. The Morgan fingerprint density at radius 1 is 1.11 bits per heavy atom. The summed E-state index contributed by atoms with van der Waals surface area (Å²) >= 11 is 0. The zero-order valence-corrected chi connectivity index (χ0v) is 22.0. The van der Waals surface area contributed by atoms with Crippen LogP contribution >= 0.6 is 0 Å². The van der Waals surface area contributed by atoms with Crippen molar-refractivity contribution in [2.75, 3.05) is 24.7 Å². The lowest BCUT2D eigenvalue weighted by Crippen LogP contribution is -2.42. The van der Waals surface area contributed by atoms with E-state index >= 15 is 4.39 Å². The van der Waals surface area contributed by atoms with E-state index in [9.17, 15) is 12.8 Å². The summed E-state index contributed by atoms with van der Waals surface area (Å²) in [5.74, 6) is -0.684. The van der Waals surface area contributed by atoms with Gasteiger partial charge in [0.05, 0.1) is 12.5 Å². The summed E-state index contributed by atoms with van der Waals surface area (Å²) < 4.78 is 55.1. The van der Waals surface area contributed by atoms with Gasteiger partial charge in [-0.15, -0.1) is 0 Å². The zero-order valence-electron chi connectivity index (χ0n) is 21.2. The summed E-state index contributed by atoms with van der Waals surface area (Å²) in [6, 6.07) is 5.01. The average Bonchev–Trinajstić information content (AvgIpc) is 2.83. The molecule has 3 heterocycles. The van der Waals surface area contributed by atoms with Gasteiger partial charge in [0.15, 0.2) is 5.82 Å². The Bertz CT molecular complexity index is 1360. The normalized spacial score (nSPS) is 16.4. The molecule has 1 aliphatic rings. The van der Waals surface area contributed by atoms with E-state index in [0.717, 1.165) is 36.7 Å². The number of benzene rings is 1. The van der Waals surface area contributed by atoms with Gasteiger partial charge >= 0.3 is 0 Å². The Morgan fingerprint density at radius 3 is 2.47 bits per heavy atom. The van der Waals surface area contributed by atoms with Crippen LogP contribution < -0.4 is 5.32 Å². The predicted molar refractivity (Wildman–Crippen MR) is 138 cm³/mol. The van der Waals surface area contributed by atoms with Gasteiger partial charge in [-0.3, -0.25) is 4.98 Å². The van der Waals surface area contributed by atoms with Gasteiger partial charge in [0.25, 0.3) is 0 Å². The van der Waals surface area contributed by atoms with Crippen LogP contribution in [0.2, 0.25) is 0 Å². The monoisotopic (exact) mass is 517 g/mol. The maximum atomic E-state index is 15.3. The second-order valence-corrected chi connectivity index (χ2v) is 11.6. The van der Waals surface area contributed by atoms with E-state index in [-0.39, 0.29) is 29.1 Å². The Hall–Kier alpha value is -2.72. The third kappa shape index (κ3) is 5.64. The van der Waals surface area contributed by atoms with Gasteiger partial charge in [0.1, 0.15) is 17.0 Å². The lowest BCUT2D eigenvalue weighted by atomic mass is 9.88. The van der Waals surface area contributed by atoms with Crippen LogP contribution in [0.1, 0.15) is 63.1 Å². The Kier molecular flexibility index (Phi) is 7.85. The molecule has 0 saturated carbocycles. The molecule has 1 unspecified atom stereocenters. The fraction of sp³-hybridized carbons (Fsp3) is 0.500. The number of hydrogen-bond donors (Lipinski definition) is 1. The highest BCUT2D eigenvalue weighted by molar-refractivity contribution is 7.88. The molecule has 10 heteroatoms. The number of aromatic nitrogens is 3. The number of halogens is 2. The molecule has 0 spiro atoms. The quantitative estimate of drug-likeness (QED) is 0.430. The van der Waals surface area contributed by atoms with Crippen molar-refractivity contribution in [3.63, 3.8) is 0 Å². The minimum absolute atomic E-state index is 0.0111. The zero-order chi connectivity index (χ0) is 26.0. The summed E-state index contributed by atoms with van der Waals surface area (Å²) in [7, 11) is -3.23. The van der Waals surface area contributed by atoms with Crippen LogP contribution in [0.25, 0.3) is 22.2 Å². The summed E-state index contributed by atoms with van der Waals surface area (Å²) in [6.45, 7) is 6.89. The molecule has 1 aliphatic heterocycles. The predicted octanol–water partition coefficient (Wildman–Crippen LogP) is 5.41. The van der Waals surface area contributed by atoms with Gasteiger partial charge in [0, 0.05) is 35.8 Å². The van der Waals surface area contributed by atoms with Gasteiger partial charge in [-0.1, -0.05) is 20.3 Å². The molecule has 3 aromatic rings. The first-order valence-corrected chi connectivity index (χ1v) is 14.3. The number of aryl methyl sites for hydroxylation is 1. The van der Waals surface area contributed by atoms with Crippen molar-refractivity contribution < 1.29 is 17.2 Å². The van der Waals surface area contributed by atoms with E-state index in [4.69, 9.17) is 0 Å². The highest BCUT2D eigenvalue weighted by Crippen LogP contribution is 2.35. The number of nitrogens with zero attached hydrogens (tertiary/aromatic N) is 4. The van der Waals surface area contributed by atoms with Gasteiger partial charge in [-0.2, -0.15) is 0 Å². The lowest BCUT2D eigenvalue weighted by Gasteiger charge is -2.30. The van der Waals surface area contributed by atoms with E-state index in [1.807, 2.05) is 13.0 Å². The van der Waals surface area contributed by atoms with Crippen LogP contribution in [-0.2, 0) is 10.0 Å². The van der Waals surface area contributed by atoms with Crippen molar-refractivity contribution in [2.24, 2.45) is 0 Å². The maximum absolute atomic E-state index is 15.3. The molecule has 4 rings (SSSR count). The number of anilines is 1. The first-order chi connectivity index (χ1) is 17.1. The number of nitrogens with one attached hydrogen (secondary N) is 1. The second kappa shape index (κ2) is 10.7. The van der Waals surface area contributed by atoms with Gasteiger partial charge in [0.2, 0.25) is 16.0 Å². The fourth-order valence-electron chi connectivity index (χ4n) is 5.00. The minimum atomic E-state index is -3.23. The SMILES string of the molecule is CCCC(CC)c1cc(C)nc2c(F)cc(-c3nc(NC4CCN(S(C)(=O)=O)CC4)ncc3F)cc12. The van der Waals surface area contributed by atoms with Crippen molar-refractivity contribution in [2.45, 2.75) is 64.8 Å². The van der Waals surface area contributed by atoms with Crippen molar-refractivity contribution in [1.29, 1.82) is 0 Å². The molecule has 1 fully saturated rings. The molecule has 2 aromatic heterocycles. The number of piperidine rings is 1. The number of sulfonamides is 1. The topological polar surface area (TPSA) is 88.1 Å². The molecule has 1 aromatic carbocycles. The molecule has 1 N–H and O–H groups in total. The van der Waals surface area contributed by atoms with Gasteiger partial charge in [-0.05, 0) is 62.3 Å². The summed E-state index contributed by atoms with van der Waals surface area (Å²) in [4.78, 5) is 12.9. The van der Waals surface area contributed by atoms with Gasteiger partial charge < -0.3 is 5.32 Å². The average molecular weight is 518 g/mol. The molecule has 0 amide bonds. The fourth-order valence-corrected chi connectivity index (χ4v) is 5.87. The molecule has 1 atom stereocenters. The van der Waals surface area contributed by atoms with E-state index < -0.39 is 21.7 Å². The molecule has 7 nitrogen and oxygen atoms in total. The van der Waals surface area contributed by atoms with Crippen molar-refractivity contribution >= 4 is 26.9 Å². The van der Waals surface area contributed by atoms with E-state index in [1.54, 1.807) is 6.07 Å². The standard InChI is InChI=1S/C26H33F2N5O2S/c1-5-7-17(6-2)20-12-16(3)30-25-21(20)13-18(14-22(25)27)24-23(28)15-29-26(32-24)31-19-8-10-33(11-9-19)36(4,34)35/h12-15,17,19H,5-11H2,1-4H3,(H,29,31,32). The Labute approximate surface area is 211 Å². The highest BCUT2D eigenvalue weighted by atomic mass is 32.2. The van der Waals surface area contributed by atoms with Crippen molar-refractivity contribution in [3.8, 4) is 11.3 Å². The largest absolute Gasteiger partial charge is 0.351 e. The molecule has 0 bridgehead atoms. The van der Waals surface area contributed by atoms with E-state index in [2.05, 4.69) is 34.1 Å². The Morgan fingerprint density at radius 2 is 1.83 bits per heavy atom. The third-order valence-electron chi connectivity index (χ3n) is 6.87. The van der Waals surface area contributed by atoms with Crippen LogP contribution in [0.3, 0.4) is 0 Å². The molecular formula is C26H33F2N5O2S. The number of hydrogen-bond acceptors (Lipinski definition) is 6. The van der Waals surface area contributed by atoms with Crippen LogP contribution in [-0.4, -0.2) is 53.1 Å².